The van der Waals surface area contributed by atoms with Crippen molar-refractivity contribution in [3.8, 4) is 0 Å². The van der Waals surface area contributed by atoms with Crippen LogP contribution < -0.4 is 10.2 Å². The molecule has 0 spiro atoms. The van der Waals surface area contributed by atoms with Crippen LogP contribution in [0.2, 0.25) is 5.02 Å². The summed E-state index contributed by atoms with van der Waals surface area (Å²) in [7, 11) is 0. The van der Waals surface area contributed by atoms with E-state index in [0.29, 0.717) is 24.5 Å². The van der Waals surface area contributed by atoms with Crippen molar-refractivity contribution in [3.05, 3.63) is 29.3 Å². The average molecular weight is 338 g/mol. The summed E-state index contributed by atoms with van der Waals surface area (Å²) < 4.78 is 0. The van der Waals surface area contributed by atoms with E-state index in [1.54, 1.807) is 21.9 Å². The number of hydrogen-bond donors (Lipinski definition) is 1. The average Bonchev–Trinajstić information content (AvgIpc) is 2.89. The van der Waals surface area contributed by atoms with Crippen LogP contribution in [-0.4, -0.2) is 42.5 Å². The molecule has 0 unspecified atom stereocenters. The number of carbonyl (C=O) groups excluding carboxylic acids is 2. The SMILES string of the molecule is CCCCN(CC)C(=O)N[C@H]1CC(=O)N(c2ccc(Cl)cc2)C1. The summed E-state index contributed by atoms with van der Waals surface area (Å²) in [5.41, 5.74) is 0.814. The zero-order valence-corrected chi connectivity index (χ0v) is 14.5. The number of anilines is 1. The molecular weight excluding hydrogens is 314 g/mol. The first kappa shape index (κ1) is 17.6. The van der Waals surface area contributed by atoms with Crippen LogP contribution in [0.15, 0.2) is 24.3 Å². The van der Waals surface area contributed by atoms with Crippen molar-refractivity contribution in [3.63, 3.8) is 0 Å². The van der Waals surface area contributed by atoms with Gasteiger partial charge in [-0.25, -0.2) is 4.79 Å². The molecule has 126 valence electrons. The second-order valence-corrected chi connectivity index (χ2v) is 6.20. The third kappa shape index (κ3) is 4.61. The third-order valence-electron chi connectivity index (χ3n) is 4.04. The van der Waals surface area contributed by atoms with Gasteiger partial charge in [0, 0.05) is 36.8 Å². The molecule has 5 nitrogen and oxygen atoms in total. The Labute approximate surface area is 142 Å². The second-order valence-electron chi connectivity index (χ2n) is 5.76. The van der Waals surface area contributed by atoms with E-state index in [0.717, 1.165) is 25.1 Å². The van der Waals surface area contributed by atoms with E-state index >= 15 is 0 Å². The zero-order chi connectivity index (χ0) is 16.8. The van der Waals surface area contributed by atoms with Gasteiger partial charge in [-0.2, -0.15) is 0 Å². The quantitative estimate of drug-likeness (QED) is 0.866. The molecular formula is C17H24ClN3O2. The smallest absolute Gasteiger partial charge is 0.317 e. The molecule has 0 aromatic heterocycles. The highest BCUT2D eigenvalue weighted by atomic mass is 35.5. The molecule has 23 heavy (non-hydrogen) atoms. The number of benzene rings is 1. The van der Waals surface area contributed by atoms with Crippen LogP contribution in [0.4, 0.5) is 10.5 Å². The fourth-order valence-corrected chi connectivity index (χ4v) is 2.82. The van der Waals surface area contributed by atoms with Crippen LogP contribution in [0.1, 0.15) is 33.1 Å². The van der Waals surface area contributed by atoms with Gasteiger partial charge in [-0.15, -0.1) is 0 Å². The van der Waals surface area contributed by atoms with Gasteiger partial charge in [0.15, 0.2) is 0 Å². The van der Waals surface area contributed by atoms with Gasteiger partial charge in [0.1, 0.15) is 0 Å². The van der Waals surface area contributed by atoms with Crippen LogP contribution in [0.25, 0.3) is 0 Å². The van der Waals surface area contributed by atoms with E-state index in [-0.39, 0.29) is 18.0 Å². The topological polar surface area (TPSA) is 52.7 Å². The third-order valence-corrected chi connectivity index (χ3v) is 4.29. The maximum Gasteiger partial charge on any atom is 0.317 e. The van der Waals surface area contributed by atoms with Crippen molar-refractivity contribution in [1.82, 2.24) is 10.2 Å². The first-order valence-corrected chi connectivity index (χ1v) is 8.54. The molecule has 1 N–H and O–H groups in total. The summed E-state index contributed by atoms with van der Waals surface area (Å²) >= 11 is 5.88. The lowest BCUT2D eigenvalue weighted by molar-refractivity contribution is -0.117. The minimum Gasteiger partial charge on any atom is -0.333 e. The van der Waals surface area contributed by atoms with E-state index in [9.17, 15) is 9.59 Å². The lowest BCUT2D eigenvalue weighted by atomic mass is 10.2. The number of unbranched alkanes of at least 4 members (excludes halogenated alkanes) is 1. The Balaban J connectivity index is 1.94. The number of halogens is 1. The molecule has 1 aromatic carbocycles. The highest BCUT2D eigenvalue weighted by molar-refractivity contribution is 6.30. The largest absolute Gasteiger partial charge is 0.333 e. The number of urea groups is 1. The Bertz CT molecular complexity index is 547. The molecule has 1 saturated heterocycles. The van der Waals surface area contributed by atoms with Crippen LogP contribution in [0, 0.1) is 0 Å². The molecule has 3 amide bonds. The number of carbonyl (C=O) groups is 2. The van der Waals surface area contributed by atoms with Crippen LogP contribution in [0.5, 0.6) is 0 Å². The van der Waals surface area contributed by atoms with Crippen LogP contribution in [-0.2, 0) is 4.79 Å². The normalized spacial score (nSPS) is 17.4. The number of nitrogens with one attached hydrogen (secondary N) is 1. The van der Waals surface area contributed by atoms with Crippen LogP contribution >= 0.6 is 11.6 Å². The molecule has 0 aliphatic carbocycles. The Morgan fingerprint density at radius 3 is 2.65 bits per heavy atom. The van der Waals surface area contributed by atoms with Crippen molar-refractivity contribution in [1.29, 1.82) is 0 Å². The van der Waals surface area contributed by atoms with Gasteiger partial charge in [0.25, 0.3) is 0 Å². The summed E-state index contributed by atoms with van der Waals surface area (Å²) in [5.74, 6) is 0.0224. The Kier molecular flexibility index (Phi) is 6.28. The van der Waals surface area contributed by atoms with Crippen molar-refractivity contribution in [2.45, 2.75) is 39.2 Å². The standard InChI is InChI=1S/C17H24ClN3O2/c1-3-5-10-20(4-2)17(23)19-14-11-16(22)21(12-14)15-8-6-13(18)7-9-15/h6-9,14H,3-5,10-12H2,1-2H3,(H,19,23)/t14-/m0/s1. The maximum absolute atomic E-state index is 12.3. The summed E-state index contributed by atoms with van der Waals surface area (Å²) in [6, 6.07) is 6.94. The molecule has 1 aliphatic rings. The van der Waals surface area contributed by atoms with E-state index in [4.69, 9.17) is 11.6 Å². The molecule has 1 aromatic rings. The second kappa shape index (κ2) is 8.20. The fraction of sp³-hybridized carbons (Fsp3) is 0.529. The predicted octanol–water partition coefficient (Wildman–Crippen LogP) is 3.28. The minimum atomic E-state index is -0.152. The molecule has 6 heteroatoms. The van der Waals surface area contributed by atoms with Gasteiger partial charge < -0.3 is 15.1 Å². The molecule has 1 fully saturated rings. The lowest BCUT2D eigenvalue weighted by Gasteiger charge is -2.23. The molecule has 0 bridgehead atoms. The van der Waals surface area contributed by atoms with Crippen molar-refractivity contribution in [2.24, 2.45) is 0 Å². The van der Waals surface area contributed by atoms with Gasteiger partial charge in [-0.3, -0.25) is 4.79 Å². The highest BCUT2D eigenvalue weighted by Crippen LogP contribution is 2.23. The number of nitrogens with zero attached hydrogens (tertiary/aromatic N) is 2. The molecule has 1 heterocycles. The predicted molar refractivity (Wildman–Crippen MR) is 92.9 cm³/mol. The van der Waals surface area contributed by atoms with Crippen molar-refractivity contribution < 1.29 is 9.59 Å². The highest BCUT2D eigenvalue weighted by Gasteiger charge is 2.32. The first-order valence-electron chi connectivity index (χ1n) is 8.16. The van der Waals surface area contributed by atoms with E-state index in [2.05, 4.69) is 12.2 Å². The molecule has 1 aliphatic heterocycles. The van der Waals surface area contributed by atoms with Crippen LogP contribution in [0.3, 0.4) is 0 Å². The summed E-state index contributed by atoms with van der Waals surface area (Å²) in [4.78, 5) is 28.0. The Morgan fingerprint density at radius 2 is 2.04 bits per heavy atom. The molecule has 0 saturated carbocycles. The molecule has 1 atom stereocenters. The van der Waals surface area contributed by atoms with E-state index in [1.807, 2.05) is 19.1 Å². The van der Waals surface area contributed by atoms with E-state index < -0.39 is 0 Å². The maximum atomic E-state index is 12.3. The molecule has 2 rings (SSSR count). The number of amides is 3. The Hall–Kier alpha value is -1.75. The Morgan fingerprint density at radius 1 is 1.35 bits per heavy atom. The first-order chi connectivity index (χ1) is 11.0. The monoisotopic (exact) mass is 337 g/mol. The van der Waals surface area contributed by atoms with E-state index in [1.165, 1.54) is 0 Å². The number of rotatable bonds is 6. The van der Waals surface area contributed by atoms with Gasteiger partial charge in [0.2, 0.25) is 5.91 Å². The summed E-state index contributed by atoms with van der Waals surface area (Å²) in [6.07, 6.45) is 2.37. The fourth-order valence-electron chi connectivity index (χ4n) is 2.69. The molecule has 0 radical (unpaired) electrons. The van der Waals surface area contributed by atoms with Gasteiger partial charge in [-0.1, -0.05) is 24.9 Å². The summed E-state index contributed by atoms with van der Waals surface area (Å²) in [5, 5.41) is 3.62. The van der Waals surface area contributed by atoms with Gasteiger partial charge in [0.05, 0.1) is 6.04 Å². The van der Waals surface area contributed by atoms with Gasteiger partial charge in [-0.05, 0) is 37.6 Å². The number of hydrogen-bond acceptors (Lipinski definition) is 2. The van der Waals surface area contributed by atoms with Gasteiger partial charge >= 0.3 is 6.03 Å². The summed E-state index contributed by atoms with van der Waals surface area (Å²) in [6.45, 7) is 5.99. The van der Waals surface area contributed by atoms with Crippen molar-refractivity contribution in [2.75, 3.05) is 24.5 Å². The zero-order valence-electron chi connectivity index (χ0n) is 13.7. The minimum absolute atomic E-state index is 0.0224. The lowest BCUT2D eigenvalue weighted by Crippen LogP contribution is -2.46. The van der Waals surface area contributed by atoms with Crippen molar-refractivity contribution >= 4 is 29.2 Å².